The molecule has 4 nitrogen and oxygen atoms in total. The third kappa shape index (κ3) is 1.48. The molecular weight excluding hydrogens is 180 g/mol. The standard InChI is InChI=1S/C10H12N2O2/c1-6-4-8-7(5-12-6)2-3-11-9(8)10(13)14/h4-5,9,11H,2-3H2,1H3,(H,13,14). The topological polar surface area (TPSA) is 62.2 Å². The summed E-state index contributed by atoms with van der Waals surface area (Å²) in [6, 6.07) is 1.28. The van der Waals surface area contributed by atoms with Crippen LogP contribution in [0.4, 0.5) is 0 Å². The van der Waals surface area contributed by atoms with Gasteiger partial charge in [0.05, 0.1) is 0 Å². The Kier molecular flexibility index (Phi) is 2.21. The Morgan fingerprint density at radius 2 is 2.50 bits per heavy atom. The lowest BCUT2D eigenvalue weighted by molar-refractivity contribution is -0.139. The van der Waals surface area contributed by atoms with Crippen molar-refractivity contribution in [1.82, 2.24) is 10.3 Å². The van der Waals surface area contributed by atoms with Gasteiger partial charge in [-0.2, -0.15) is 0 Å². The molecule has 0 amide bonds. The number of aliphatic carboxylic acids is 1. The van der Waals surface area contributed by atoms with E-state index in [2.05, 4.69) is 10.3 Å². The van der Waals surface area contributed by atoms with Crippen molar-refractivity contribution < 1.29 is 9.90 Å². The smallest absolute Gasteiger partial charge is 0.325 e. The molecule has 0 saturated heterocycles. The van der Waals surface area contributed by atoms with Gasteiger partial charge < -0.3 is 10.4 Å². The van der Waals surface area contributed by atoms with Crippen LogP contribution in [0.1, 0.15) is 22.9 Å². The number of nitrogens with one attached hydrogen (secondary N) is 1. The summed E-state index contributed by atoms with van der Waals surface area (Å²) >= 11 is 0. The number of nitrogens with zero attached hydrogens (tertiary/aromatic N) is 1. The van der Waals surface area contributed by atoms with Crippen LogP contribution in [-0.4, -0.2) is 22.6 Å². The minimum absolute atomic E-state index is 0.569. The number of fused-ring (bicyclic) bond motifs is 1. The maximum absolute atomic E-state index is 10.9. The molecule has 14 heavy (non-hydrogen) atoms. The van der Waals surface area contributed by atoms with Crippen molar-refractivity contribution in [2.75, 3.05) is 6.54 Å². The predicted octanol–water partition coefficient (Wildman–Crippen LogP) is 0.661. The molecule has 2 rings (SSSR count). The molecule has 1 aromatic heterocycles. The third-order valence-corrected chi connectivity index (χ3v) is 2.46. The van der Waals surface area contributed by atoms with E-state index in [9.17, 15) is 4.79 Å². The molecule has 2 heterocycles. The van der Waals surface area contributed by atoms with Gasteiger partial charge in [-0.3, -0.25) is 9.78 Å². The van der Waals surface area contributed by atoms with Gasteiger partial charge in [0.25, 0.3) is 0 Å². The summed E-state index contributed by atoms with van der Waals surface area (Å²) in [5.74, 6) is -0.823. The molecule has 1 aliphatic heterocycles. The van der Waals surface area contributed by atoms with Crippen LogP contribution < -0.4 is 5.32 Å². The van der Waals surface area contributed by atoms with Gasteiger partial charge >= 0.3 is 5.97 Å². The maximum Gasteiger partial charge on any atom is 0.325 e. The van der Waals surface area contributed by atoms with Crippen LogP contribution in [0.5, 0.6) is 0 Å². The molecular formula is C10H12N2O2. The van der Waals surface area contributed by atoms with Crippen molar-refractivity contribution in [3.05, 3.63) is 29.1 Å². The minimum atomic E-state index is -0.823. The van der Waals surface area contributed by atoms with Crippen molar-refractivity contribution in [3.63, 3.8) is 0 Å². The van der Waals surface area contributed by atoms with E-state index in [-0.39, 0.29) is 0 Å². The van der Waals surface area contributed by atoms with E-state index in [0.717, 1.165) is 23.2 Å². The number of hydrogen-bond acceptors (Lipinski definition) is 3. The van der Waals surface area contributed by atoms with E-state index < -0.39 is 12.0 Å². The second-order valence-corrected chi connectivity index (χ2v) is 3.50. The lowest BCUT2D eigenvalue weighted by Crippen LogP contribution is -2.35. The highest BCUT2D eigenvalue weighted by Crippen LogP contribution is 2.22. The Bertz CT molecular complexity index is 376. The number of carboxylic acids is 1. The van der Waals surface area contributed by atoms with Gasteiger partial charge in [0, 0.05) is 18.4 Å². The first-order chi connectivity index (χ1) is 6.68. The van der Waals surface area contributed by atoms with Crippen LogP contribution in [0, 0.1) is 6.92 Å². The molecule has 0 spiro atoms. The maximum atomic E-state index is 10.9. The van der Waals surface area contributed by atoms with Gasteiger partial charge in [-0.25, -0.2) is 0 Å². The Morgan fingerprint density at radius 1 is 1.71 bits per heavy atom. The van der Waals surface area contributed by atoms with Crippen molar-refractivity contribution in [1.29, 1.82) is 0 Å². The Labute approximate surface area is 82.0 Å². The normalized spacial score (nSPS) is 20.2. The highest BCUT2D eigenvalue weighted by molar-refractivity contribution is 5.76. The first-order valence-electron chi connectivity index (χ1n) is 4.60. The molecule has 0 aromatic carbocycles. The van der Waals surface area contributed by atoms with Crippen LogP contribution in [-0.2, 0) is 11.2 Å². The van der Waals surface area contributed by atoms with E-state index in [1.807, 2.05) is 13.0 Å². The summed E-state index contributed by atoms with van der Waals surface area (Å²) in [6.45, 7) is 2.57. The van der Waals surface area contributed by atoms with E-state index >= 15 is 0 Å². The van der Waals surface area contributed by atoms with E-state index in [4.69, 9.17) is 5.11 Å². The first kappa shape index (κ1) is 9.15. The van der Waals surface area contributed by atoms with Crippen LogP contribution in [0.25, 0.3) is 0 Å². The summed E-state index contributed by atoms with van der Waals surface area (Å²) in [7, 11) is 0. The van der Waals surface area contributed by atoms with Gasteiger partial charge in [0.2, 0.25) is 0 Å². The molecule has 1 aromatic rings. The molecule has 2 N–H and O–H groups in total. The van der Waals surface area contributed by atoms with Crippen LogP contribution in [0.3, 0.4) is 0 Å². The summed E-state index contributed by atoms with van der Waals surface area (Å²) in [5, 5.41) is 12.0. The monoisotopic (exact) mass is 192 g/mol. The zero-order valence-corrected chi connectivity index (χ0v) is 7.95. The van der Waals surface area contributed by atoms with Crippen LogP contribution >= 0.6 is 0 Å². The molecule has 0 aliphatic carbocycles. The van der Waals surface area contributed by atoms with Crippen LogP contribution in [0.15, 0.2) is 12.3 Å². The second-order valence-electron chi connectivity index (χ2n) is 3.50. The van der Waals surface area contributed by atoms with Gasteiger partial charge in [0.15, 0.2) is 0 Å². The number of carboxylic acid groups (broad SMARTS) is 1. The molecule has 1 atom stereocenters. The molecule has 1 unspecified atom stereocenters. The largest absolute Gasteiger partial charge is 0.480 e. The lowest BCUT2D eigenvalue weighted by atomic mass is 9.96. The lowest BCUT2D eigenvalue weighted by Gasteiger charge is -2.23. The Hall–Kier alpha value is -1.42. The molecule has 74 valence electrons. The molecule has 0 saturated carbocycles. The number of pyridine rings is 1. The molecule has 1 aliphatic rings. The number of rotatable bonds is 1. The quantitative estimate of drug-likeness (QED) is 0.686. The van der Waals surface area contributed by atoms with Crippen molar-refractivity contribution >= 4 is 5.97 Å². The van der Waals surface area contributed by atoms with Crippen LogP contribution in [0.2, 0.25) is 0 Å². The third-order valence-electron chi connectivity index (χ3n) is 2.46. The molecule has 0 fully saturated rings. The fourth-order valence-electron chi connectivity index (χ4n) is 1.77. The second kappa shape index (κ2) is 3.38. The molecule has 4 heteroatoms. The average Bonchev–Trinajstić information content (AvgIpc) is 2.16. The van der Waals surface area contributed by atoms with Gasteiger partial charge in [-0.05, 0) is 30.5 Å². The number of aromatic nitrogens is 1. The highest BCUT2D eigenvalue weighted by atomic mass is 16.4. The van der Waals surface area contributed by atoms with Gasteiger partial charge in [-0.15, -0.1) is 0 Å². The summed E-state index contributed by atoms with van der Waals surface area (Å²) in [4.78, 5) is 15.1. The Balaban J connectivity index is 2.46. The summed E-state index contributed by atoms with van der Waals surface area (Å²) in [5.41, 5.74) is 2.76. The summed E-state index contributed by atoms with van der Waals surface area (Å²) < 4.78 is 0. The minimum Gasteiger partial charge on any atom is -0.480 e. The average molecular weight is 192 g/mol. The van der Waals surface area contributed by atoms with Crippen molar-refractivity contribution in [2.45, 2.75) is 19.4 Å². The number of hydrogen-bond donors (Lipinski definition) is 2. The predicted molar refractivity (Wildman–Crippen MR) is 51.1 cm³/mol. The molecule has 0 radical (unpaired) electrons. The number of carbonyl (C=O) groups is 1. The molecule has 0 bridgehead atoms. The first-order valence-corrected chi connectivity index (χ1v) is 4.60. The van der Waals surface area contributed by atoms with E-state index in [1.54, 1.807) is 6.20 Å². The Morgan fingerprint density at radius 3 is 3.21 bits per heavy atom. The fraction of sp³-hybridized carbons (Fsp3) is 0.400. The zero-order valence-electron chi connectivity index (χ0n) is 7.95. The fourth-order valence-corrected chi connectivity index (χ4v) is 1.77. The van der Waals surface area contributed by atoms with Gasteiger partial charge in [-0.1, -0.05) is 0 Å². The van der Waals surface area contributed by atoms with Crippen molar-refractivity contribution in [2.24, 2.45) is 0 Å². The summed E-state index contributed by atoms with van der Waals surface area (Å²) in [6.07, 6.45) is 2.63. The van der Waals surface area contributed by atoms with E-state index in [0.29, 0.717) is 6.54 Å². The van der Waals surface area contributed by atoms with E-state index in [1.165, 1.54) is 0 Å². The number of aryl methyl sites for hydroxylation is 1. The van der Waals surface area contributed by atoms with Gasteiger partial charge in [0.1, 0.15) is 6.04 Å². The van der Waals surface area contributed by atoms with Crippen molar-refractivity contribution in [3.8, 4) is 0 Å². The highest BCUT2D eigenvalue weighted by Gasteiger charge is 2.25. The SMILES string of the molecule is Cc1cc2c(cn1)CCNC2C(=O)O. The zero-order chi connectivity index (χ0) is 10.1.